The Morgan fingerprint density at radius 3 is 2.28 bits per heavy atom. The van der Waals surface area contributed by atoms with E-state index in [1.54, 1.807) is 0 Å². The summed E-state index contributed by atoms with van der Waals surface area (Å²) >= 11 is 0. The normalized spacial score (nSPS) is 14.4. The summed E-state index contributed by atoms with van der Waals surface area (Å²) in [5, 5.41) is 3.34. The molecule has 0 aromatic heterocycles. The molecule has 1 amide bonds. The number of carbonyl (C=O) groups is 1. The van der Waals surface area contributed by atoms with Crippen molar-refractivity contribution in [1.29, 1.82) is 0 Å². The minimum Gasteiger partial charge on any atom is -0.385 e. The van der Waals surface area contributed by atoms with Gasteiger partial charge in [0.25, 0.3) is 0 Å². The maximum absolute atomic E-state index is 12.4. The van der Waals surface area contributed by atoms with Gasteiger partial charge in [-0.1, -0.05) is 37.3 Å². The summed E-state index contributed by atoms with van der Waals surface area (Å²) in [5.74, 6) is 0.241. The molecule has 1 aliphatic rings. The molecule has 0 radical (unpaired) electrons. The fourth-order valence-electron chi connectivity index (χ4n) is 3.18. The Morgan fingerprint density at radius 2 is 1.64 bits per heavy atom. The maximum atomic E-state index is 12.4. The summed E-state index contributed by atoms with van der Waals surface area (Å²) in [6.45, 7) is 6.25. The number of nitrogens with zero attached hydrogens (tertiary/aromatic N) is 2. The van der Waals surface area contributed by atoms with Gasteiger partial charge in [0.15, 0.2) is 0 Å². The summed E-state index contributed by atoms with van der Waals surface area (Å²) in [5.41, 5.74) is 3.66. The Bertz CT molecular complexity index is 661. The van der Waals surface area contributed by atoms with Gasteiger partial charge in [0.1, 0.15) is 0 Å². The van der Waals surface area contributed by atoms with Crippen LogP contribution in [0.15, 0.2) is 54.6 Å². The molecule has 1 heterocycles. The van der Waals surface area contributed by atoms with Gasteiger partial charge in [0.2, 0.25) is 5.91 Å². The maximum Gasteiger partial charge on any atom is 0.224 e. The number of nitrogens with one attached hydrogen (secondary N) is 1. The van der Waals surface area contributed by atoms with Crippen LogP contribution < -0.4 is 10.2 Å². The largest absolute Gasteiger partial charge is 0.385 e. The van der Waals surface area contributed by atoms with E-state index in [1.807, 2.05) is 11.0 Å². The van der Waals surface area contributed by atoms with Crippen molar-refractivity contribution in [1.82, 2.24) is 4.90 Å². The van der Waals surface area contributed by atoms with Gasteiger partial charge < -0.3 is 15.1 Å². The fraction of sp³-hybridized carbons (Fsp3) is 0.381. The number of amides is 1. The molecule has 0 bridgehead atoms. The predicted octanol–water partition coefficient (Wildman–Crippen LogP) is 3.40. The highest BCUT2D eigenvalue weighted by atomic mass is 16.2. The van der Waals surface area contributed by atoms with Gasteiger partial charge in [0.05, 0.1) is 0 Å². The molecule has 0 aliphatic carbocycles. The molecular weight excluding hydrogens is 310 g/mol. The van der Waals surface area contributed by atoms with Crippen molar-refractivity contribution in [3.05, 3.63) is 60.2 Å². The van der Waals surface area contributed by atoms with Crippen LogP contribution in [0.1, 0.15) is 18.9 Å². The van der Waals surface area contributed by atoms with Gasteiger partial charge in [-0.05, 0) is 36.2 Å². The minimum absolute atomic E-state index is 0.241. The van der Waals surface area contributed by atoms with E-state index in [1.165, 1.54) is 11.3 Å². The minimum atomic E-state index is 0.241. The third-order valence-electron chi connectivity index (χ3n) is 4.78. The van der Waals surface area contributed by atoms with E-state index in [2.05, 4.69) is 65.7 Å². The Balaban J connectivity index is 1.40. The van der Waals surface area contributed by atoms with Crippen molar-refractivity contribution >= 4 is 17.3 Å². The lowest BCUT2D eigenvalue weighted by molar-refractivity contribution is -0.131. The number of hydrogen-bond acceptors (Lipinski definition) is 3. The van der Waals surface area contributed by atoms with E-state index in [0.717, 1.165) is 38.3 Å². The summed E-state index contributed by atoms with van der Waals surface area (Å²) in [7, 11) is 0. The summed E-state index contributed by atoms with van der Waals surface area (Å²) in [6, 6.07) is 18.9. The zero-order chi connectivity index (χ0) is 17.5. The quantitative estimate of drug-likeness (QED) is 0.877. The van der Waals surface area contributed by atoms with Crippen molar-refractivity contribution in [2.24, 2.45) is 0 Å². The average molecular weight is 337 g/mol. The summed E-state index contributed by atoms with van der Waals surface area (Å²) < 4.78 is 0. The molecule has 0 unspecified atom stereocenters. The lowest BCUT2D eigenvalue weighted by atomic mass is 10.1. The molecule has 1 saturated heterocycles. The molecule has 3 rings (SSSR count). The number of rotatable bonds is 6. The number of piperazine rings is 1. The zero-order valence-electron chi connectivity index (χ0n) is 14.9. The van der Waals surface area contributed by atoms with Crippen LogP contribution in [0.4, 0.5) is 11.4 Å². The van der Waals surface area contributed by atoms with Crippen molar-refractivity contribution in [2.45, 2.75) is 19.8 Å². The molecule has 1 aliphatic heterocycles. The second-order valence-corrected chi connectivity index (χ2v) is 6.43. The Hall–Kier alpha value is -2.49. The number of para-hydroxylation sites is 1. The highest BCUT2D eigenvalue weighted by Crippen LogP contribution is 2.16. The standard InChI is InChI=1S/C21H27N3O/c1-2-18-8-10-19(11-9-18)22-13-12-21(25)24-16-14-23(15-17-24)20-6-4-3-5-7-20/h3-11,22H,2,12-17H2,1H3. The van der Waals surface area contributed by atoms with Gasteiger partial charge in [-0.2, -0.15) is 0 Å². The predicted molar refractivity (Wildman–Crippen MR) is 104 cm³/mol. The van der Waals surface area contributed by atoms with Gasteiger partial charge in [-0.3, -0.25) is 4.79 Å². The van der Waals surface area contributed by atoms with E-state index in [-0.39, 0.29) is 5.91 Å². The number of benzene rings is 2. The first-order valence-electron chi connectivity index (χ1n) is 9.17. The summed E-state index contributed by atoms with van der Waals surface area (Å²) in [4.78, 5) is 16.7. The molecular formula is C21H27N3O. The van der Waals surface area contributed by atoms with Crippen LogP contribution >= 0.6 is 0 Å². The first kappa shape index (κ1) is 17.3. The highest BCUT2D eigenvalue weighted by molar-refractivity contribution is 5.77. The second kappa shape index (κ2) is 8.56. The molecule has 25 heavy (non-hydrogen) atoms. The SMILES string of the molecule is CCc1ccc(NCCC(=O)N2CCN(c3ccccc3)CC2)cc1. The lowest BCUT2D eigenvalue weighted by Gasteiger charge is -2.36. The molecule has 2 aromatic carbocycles. The molecule has 4 nitrogen and oxygen atoms in total. The van der Waals surface area contributed by atoms with Crippen LogP contribution in [0.5, 0.6) is 0 Å². The van der Waals surface area contributed by atoms with Crippen molar-refractivity contribution in [2.75, 3.05) is 42.9 Å². The van der Waals surface area contributed by atoms with E-state index < -0.39 is 0 Å². The third kappa shape index (κ3) is 4.75. The average Bonchev–Trinajstić information content (AvgIpc) is 2.69. The smallest absolute Gasteiger partial charge is 0.224 e. The molecule has 1 N–H and O–H groups in total. The molecule has 0 spiro atoms. The van der Waals surface area contributed by atoms with Crippen molar-refractivity contribution in [3.63, 3.8) is 0 Å². The van der Waals surface area contributed by atoms with E-state index in [0.29, 0.717) is 13.0 Å². The van der Waals surface area contributed by atoms with Crippen LogP contribution in [0, 0.1) is 0 Å². The Labute approximate surface area is 150 Å². The molecule has 0 saturated carbocycles. The number of anilines is 2. The number of hydrogen-bond donors (Lipinski definition) is 1. The second-order valence-electron chi connectivity index (χ2n) is 6.43. The number of aryl methyl sites for hydroxylation is 1. The molecule has 0 atom stereocenters. The van der Waals surface area contributed by atoms with Crippen LogP contribution in [0.3, 0.4) is 0 Å². The van der Waals surface area contributed by atoms with E-state index >= 15 is 0 Å². The van der Waals surface area contributed by atoms with Crippen molar-refractivity contribution < 1.29 is 4.79 Å². The zero-order valence-corrected chi connectivity index (χ0v) is 14.9. The van der Waals surface area contributed by atoms with Gasteiger partial charge in [0, 0.05) is 50.5 Å². The first-order chi connectivity index (χ1) is 12.3. The van der Waals surface area contributed by atoms with Crippen LogP contribution in [0.2, 0.25) is 0 Å². The summed E-state index contributed by atoms with van der Waals surface area (Å²) in [6.07, 6.45) is 1.59. The van der Waals surface area contributed by atoms with Crippen LogP contribution in [0.25, 0.3) is 0 Å². The Kier molecular flexibility index (Phi) is 5.94. The molecule has 4 heteroatoms. The van der Waals surface area contributed by atoms with Crippen LogP contribution in [-0.4, -0.2) is 43.5 Å². The first-order valence-corrected chi connectivity index (χ1v) is 9.17. The van der Waals surface area contributed by atoms with Crippen LogP contribution in [-0.2, 0) is 11.2 Å². The lowest BCUT2D eigenvalue weighted by Crippen LogP contribution is -2.49. The topological polar surface area (TPSA) is 35.6 Å². The molecule has 132 valence electrons. The molecule has 2 aromatic rings. The Morgan fingerprint density at radius 1 is 0.960 bits per heavy atom. The third-order valence-corrected chi connectivity index (χ3v) is 4.78. The van der Waals surface area contributed by atoms with Gasteiger partial charge in [-0.15, -0.1) is 0 Å². The highest BCUT2D eigenvalue weighted by Gasteiger charge is 2.20. The van der Waals surface area contributed by atoms with Gasteiger partial charge >= 0.3 is 0 Å². The van der Waals surface area contributed by atoms with E-state index in [9.17, 15) is 4.79 Å². The fourth-order valence-corrected chi connectivity index (χ4v) is 3.18. The number of carbonyl (C=O) groups excluding carboxylic acids is 1. The van der Waals surface area contributed by atoms with Gasteiger partial charge in [-0.25, -0.2) is 0 Å². The van der Waals surface area contributed by atoms with Crippen molar-refractivity contribution in [3.8, 4) is 0 Å². The van der Waals surface area contributed by atoms with E-state index in [4.69, 9.17) is 0 Å². The monoisotopic (exact) mass is 337 g/mol. The molecule has 1 fully saturated rings.